The van der Waals surface area contributed by atoms with E-state index >= 15 is 0 Å². The summed E-state index contributed by atoms with van der Waals surface area (Å²) in [5, 5.41) is 3.31. The lowest BCUT2D eigenvalue weighted by molar-refractivity contribution is -0.119. The van der Waals surface area contributed by atoms with E-state index in [0.717, 1.165) is 11.3 Å². The van der Waals surface area contributed by atoms with Gasteiger partial charge in [-0.15, -0.1) is 23.1 Å². The van der Waals surface area contributed by atoms with E-state index in [9.17, 15) is 13.2 Å². The third-order valence-corrected chi connectivity index (χ3v) is 7.17. The first-order valence-corrected chi connectivity index (χ1v) is 11.7. The zero-order valence-corrected chi connectivity index (χ0v) is 16.7. The van der Waals surface area contributed by atoms with Gasteiger partial charge >= 0.3 is 0 Å². The fraction of sp³-hybridized carbons (Fsp3) is 0.211. The van der Waals surface area contributed by atoms with Crippen LogP contribution in [-0.2, 0) is 21.2 Å². The maximum atomic E-state index is 12.3. The maximum Gasteiger partial charge on any atom is 0.264 e. The van der Waals surface area contributed by atoms with Crippen molar-refractivity contribution >= 4 is 49.1 Å². The molecule has 3 aromatic rings. The van der Waals surface area contributed by atoms with E-state index in [1.54, 1.807) is 23.5 Å². The van der Waals surface area contributed by atoms with E-state index in [0.29, 0.717) is 6.42 Å². The van der Waals surface area contributed by atoms with Gasteiger partial charge in [-0.05, 0) is 65.8 Å². The van der Waals surface area contributed by atoms with Crippen LogP contribution in [0.3, 0.4) is 0 Å². The van der Waals surface area contributed by atoms with Crippen molar-refractivity contribution in [1.82, 2.24) is 4.72 Å². The lowest BCUT2D eigenvalue weighted by atomic mass is 10.1. The Bertz CT molecular complexity index is 1010. The summed E-state index contributed by atoms with van der Waals surface area (Å²) in [5.74, 6) is -0.474. The minimum Gasteiger partial charge on any atom is -0.274 e. The lowest BCUT2D eigenvalue weighted by Crippen LogP contribution is -2.30. The van der Waals surface area contributed by atoms with Gasteiger partial charge in [0, 0.05) is 16.0 Å². The number of carbonyl (C=O) groups excluding carboxylic acids is 1. The summed E-state index contributed by atoms with van der Waals surface area (Å²) < 4.78 is 27.9. The largest absolute Gasteiger partial charge is 0.274 e. The molecule has 0 bridgehead atoms. The summed E-state index contributed by atoms with van der Waals surface area (Å²) in [4.78, 5) is 13.1. The zero-order chi connectivity index (χ0) is 18.6. The number of hydrogen-bond donors (Lipinski definition) is 1. The Labute approximate surface area is 161 Å². The number of amides is 1. The first-order valence-electron chi connectivity index (χ1n) is 8.14. The number of benzene rings is 2. The predicted molar refractivity (Wildman–Crippen MR) is 108 cm³/mol. The Hall–Kier alpha value is -1.83. The van der Waals surface area contributed by atoms with Gasteiger partial charge in [0.1, 0.15) is 0 Å². The van der Waals surface area contributed by atoms with Crippen LogP contribution in [0.15, 0.2) is 63.7 Å². The molecule has 1 aromatic heterocycles. The Balaban J connectivity index is 1.56. The van der Waals surface area contributed by atoms with E-state index in [-0.39, 0.29) is 11.3 Å². The molecule has 1 amide bonds. The molecule has 0 aliphatic heterocycles. The van der Waals surface area contributed by atoms with Gasteiger partial charge in [-0.2, -0.15) is 0 Å². The van der Waals surface area contributed by atoms with Gasteiger partial charge in [-0.25, -0.2) is 13.1 Å². The van der Waals surface area contributed by atoms with Crippen molar-refractivity contribution in [1.29, 1.82) is 0 Å². The normalized spacial score (nSPS) is 11.6. The Morgan fingerprint density at radius 3 is 2.58 bits per heavy atom. The highest BCUT2D eigenvalue weighted by Gasteiger charge is 2.17. The zero-order valence-electron chi connectivity index (χ0n) is 14.3. The molecule has 0 unspecified atom stereocenters. The number of sulfonamides is 1. The van der Waals surface area contributed by atoms with Gasteiger partial charge in [-0.1, -0.05) is 18.2 Å². The minimum absolute atomic E-state index is 0.104. The Morgan fingerprint density at radius 1 is 1.12 bits per heavy atom. The van der Waals surface area contributed by atoms with Gasteiger partial charge in [0.05, 0.1) is 4.90 Å². The van der Waals surface area contributed by atoms with E-state index in [1.807, 2.05) is 18.4 Å². The van der Waals surface area contributed by atoms with Crippen LogP contribution in [0.2, 0.25) is 0 Å². The molecule has 0 atom stereocenters. The number of thiophene rings is 1. The molecular weight excluding hydrogens is 386 g/mol. The lowest BCUT2D eigenvalue weighted by Gasteiger charge is -2.07. The van der Waals surface area contributed by atoms with Gasteiger partial charge in [-0.3, -0.25) is 4.79 Å². The monoisotopic (exact) mass is 405 g/mol. The molecule has 0 fully saturated rings. The topological polar surface area (TPSA) is 63.2 Å². The maximum absolute atomic E-state index is 12.3. The number of rotatable bonds is 7. The molecule has 1 N–H and O–H groups in total. The molecule has 26 heavy (non-hydrogen) atoms. The van der Waals surface area contributed by atoms with Crippen molar-refractivity contribution in [2.24, 2.45) is 0 Å². The number of fused-ring (bicyclic) bond motifs is 1. The molecule has 0 saturated heterocycles. The van der Waals surface area contributed by atoms with E-state index in [2.05, 4.69) is 22.2 Å². The third kappa shape index (κ3) is 4.47. The molecule has 0 aliphatic carbocycles. The SMILES string of the molecule is CSc1ccc(S(=O)(=O)NC(=O)CCCc2csc3ccccc23)cc1. The predicted octanol–water partition coefficient (Wildman–Crippen LogP) is 4.45. The molecule has 3 rings (SSSR count). The molecule has 0 saturated carbocycles. The summed E-state index contributed by atoms with van der Waals surface area (Å²) in [6.07, 6.45) is 3.45. The van der Waals surface area contributed by atoms with Crippen LogP contribution in [0.5, 0.6) is 0 Å². The van der Waals surface area contributed by atoms with Crippen LogP contribution in [0.25, 0.3) is 10.1 Å². The number of aryl methyl sites for hydroxylation is 1. The molecule has 1 heterocycles. The van der Waals surface area contributed by atoms with E-state index in [1.165, 1.54) is 39.5 Å². The van der Waals surface area contributed by atoms with Crippen molar-refractivity contribution in [2.45, 2.75) is 29.1 Å². The van der Waals surface area contributed by atoms with Crippen LogP contribution >= 0.6 is 23.1 Å². The van der Waals surface area contributed by atoms with Crippen LogP contribution < -0.4 is 4.72 Å². The quantitative estimate of drug-likeness (QED) is 0.590. The smallest absolute Gasteiger partial charge is 0.264 e. The molecule has 0 aliphatic rings. The summed E-state index contributed by atoms with van der Waals surface area (Å²) in [6.45, 7) is 0. The average molecular weight is 406 g/mol. The van der Waals surface area contributed by atoms with Crippen molar-refractivity contribution in [3.8, 4) is 0 Å². The fourth-order valence-electron chi connectivity index (χ4n) is 2.68. The summed E-state index contributed by atoms with van der Waals surface area (Å²) >= 11 is 3.22. The third-order valence-electron chi connectivity index (χ3n) is 4.03. The highest BCUT2D eigenvalue weighted by Crippen LogP contribution is 2.26. The van der Waals surface area contributed by atoms with Gasteiger partial charge in [0.15, 0.2) is 0 Å². The van der Waals surface area contributed by atoms with Crippen LogP contribution in [0.4, 0.5) is 0 Å². The van der Waals surface area contributed by atoms with Gasteiger partial charge in [0.2, 0.25) is 5.91 Å². The fourth-order valence-corrected chi connectivity index (χ4v) is 5.10. The van der Waals surface area contributed by atoms with Crippen LogP contribution in [-0.4, -0.2) is 20.6 Å². The van der Waals surface area contributed by atoms with Crippen molar-refractivity contribution in [2.75, 3.05) is 6.26 Å². The molecular formula is C19H19NO3S3. The first kappa shape index (κ1) is 18.9. The highest BCUT2D eigenvalue weighted by molar-refractivity contribution is 7.98. The summed E-state index contributed by atoms with van der Waals surface area (Å²) in [6, 6.07) is 14.6. The van der Waals surface area contributed by atoms with Crippen LogP contribution in [0.1, 0.15) is 18.4 Å². The first-order chi connectivity index (χ1) is 12.5. The molecule has 2 aromatic carbocycles. The van der Waals surface area contributed by atoms with Gasteiger partial charge < -0.3 is 0 Å². The second kappa shape index (κ2) is 8.24. The molecule has 4 nitrogen and oxygen atoms in total. The van der Waals surface area contributed by atoms with Crippen LogP contribution in [0, 0.1) is 0 Å². The minimum atomic E-state index is -3.81. The second-order valence-corrected chi connectivity index (χ2v) is 9.29. The Kier molecular flexibility index (Phi) is 6.01. The van der Waals surface area contributed by atoms with E-state index < -0.39 is 15.9 Å². The number of carbonyl (C=O) groups is 1. The van der Waals surface area contributed by atoms with Crippen molar-refractivity contribution in [3.63, 3.8) is 0 Å². The molecule has 0 spiro atoms. The van der Waals surface area contributed by atoms with E-state index in [4.69, 9.17) is 0 Å². The average Bonchev–Trinajstić information content (AvgIpc) is 3.05. The highest BCUT2D eigenvalue weighted by atomic mass is 32.2. The molecule has 0 radical (unpaired) electrons. The number of thioether (sulfide) groups is 1. The van der Waals surface area contributed by atoms with Crippen molar-refractivity contribution in [3.05, 3.63) is 59.5 Å². The standard InChI is InChI=1S/C19H19NO3S3/c1-24-15-9-11-16(12-10-15)26(22,23)20-19(21)8-4-5-14-13-25-18-7-3-2-6-17(14)18/h2-3,6-7,9-13H,4-5,8H2,1H3,(H,20,21). The van der Waals surface area contributed by atoms with Crippen molar-refractivity contribution < 1.29 is 13.2 Å². The van der Waals surface area contributed by atoms with Gasteiger partial charge in [0.25, 0.3) is 10.0 Å². The Morgan fingerprint density at radius 2 is 1.85 bits per heavy atom. The number of nitrogens with one attached hydrogen (secondary N) is 1. The summed E-state index contributed by atoms with van der Waals surface area (Å²) in [7, 11) is -3.81. The molecule has 136 valence electrons. The second-order valence-electron chi connectivity index (χ2n) is 5.81. The number of hydrogen-bond acceptors (Lipinski definition) is 5. The molecule has 7 heteroatoms. The summed E-state index contributed by atoms with van der Waals surface area (Å²) in [5.41, 5.74) is 1.20.